The molecule has 37 heavy (non-hydrogen) atoms. The molecule has 0 amide bonds. The molecule has 1 spiro atoms. The summed E-state index contributed by atoms with van der Waals surface area (Å²) in [7, 11) is 2.11. The van der Waals surface area contributed by atoms with E-state index in [9.17, 15) is 14.7 Å². The van der Waals surface area contributed by atoms with Gasteiger partial charge in [0.05, 0.1) is 22.3 Å². The third-order valence-electron chi connectivity index (χ3n) is 8.10. The molecule has 2 aromatic heterocycles. The molecule has 3 fully saturated rings. The van der Waals surface area contributed by atoms with E-state index in [1.165, 1.54) is 6.20 Å². The third-order valence-corrected chi connectivity index (χ3v) is 8.69. The van der Waals surface area contributed by atoms with E-state index in [1.807, 2.05) is 10.6 Å². The minimum atomic E-state index is -1.22. The van der Waals surface area contributed by atoms with E-state index in [1.54, 1.807) is 24.4 Å². The Morgan fingerprint density at radius 1 is 1.24 bits per heavy atom. The van der Waals surface area contributed by atoms with Crippen LogP contribution in [0.5, 0.6) is 5.88 Å². The number of likely N-dealkylation sites (tertiary alicyclic amines) is 1. The first-order valence-corrected chi connectivity index (χ1v) is 13.3. The molecular weight excluding hydrogens is 515 g/mol. The first-order valence-electron chi connectivity index (χ1n) is 12.5. The average Bonchev–Trinajstić information content (AvgIpc) is 3.28. The van der Waals surface area contributed by atoms with E-state index >= 15 is 0 Å². The number of aromatic nitrogens is 2. The quantitative estimate of drug-likeness (QED) is 0.482. The van der Waals surface area contributed by atoms with Gasteiger partial charge in [-0.3, -0.25) is 4.79 Å². The molecule has 2 saturated heterocycles. The highest BCUT2D eigenvalue weighted by atomic mass is 35.5. The van der Waals surface area contributed by atoms with E-state index in [-0.39, 0.29) is 17.6 Å². The monoisotopic (exact) mass is 542 g/mol. The lowest BCUT2D eigenvalue weighted by Gasteiger charge is -2.58. The Morgan fingerprint density at radius 2 is 2.03 bits per heavy atom. The van der Waals surface area contributed by atoms with Crippen molar-refractivity contribution in [2.75, 3.05) is 38.2 Å². The molecular formula is C27H28Cl2N4O4. The second kappa shape index (κ2) is 9.19. The number of hydrogen-bond acceptors (Lipinski definition) is 6. The SMILES string of the molecule is CN1CC2(CC(n3cc(C(=O)O)c(=O)c4cc(Cl)c(N5CCC[C@@H]5COc5ncccc5Cl)cc43)C2)C1. The molecule has 1 aliphatic carbocycles. The number of carboxylic acid groups (broad SMARTS) is 1. The van der Waals surface area contributed by atoms with Gasteiger partial charge in [-0.1, -0.05) is 23.2 Å². The Morgan fingerprint density at radius 3 is 2.73 bits per heavy atom. The predicted octanol–water partition coefficient (Wildman–Crippen LogP) is 4.72. The molecule has 6 rings (SSSR count). The van der Waals surface area contributed by atoms with E-state index in [0.717, 1.165) is 56.5 Å². The molecule has 3 aliphatic rings. The van der Waals surface area contributed by atoms with Crippen LogP contribution in [0, 0.1) is 5.41 Å². The molecule has 1 aromatic carbocycles. The van der Waals surface area contributed by atoms with Crippen LogP contribution in [-0.4, -0.2) is 64.9 Å². The normalized spacial score (nSPS) is 21.3. The fourth-order valence-electron chi connectivity index (χ4n) is 6.51. The molecule has 1 atom stereocenters. The lowest BCUT2D eigenvalue weighted by molar-refractivity contribution is -0.0748. The number of nitrogens with zero attached hydrogens (tertiary/aromatic N) is 4. The number of carbonyl (C=O) groups is 1. The van der Waals surface area contributed by atoms with Gasteiger partial charge < -0.3 is 24.2 Å². The van der Waals surface area contributed by atoms with Gasteiger partial charge in [0.15, 0.2) is 0 Å². The number of rotatable bonds is 6. The molecule has 194 valence electrons. The van der Waals surface area contributed by atoms with E-state index in [2.05, 4.69) is 21.8 Å². The minimum Gasteiger partial charge on any atom is -0.477 e. The predicted molar refractivity (Wildman–Crippen MR) is 143 cm³/mol. The van der Waals surface area contributed by atoms with Crippen LogP contribution in [0.1, 0.15) is 42.1 Å². The summed E-state index contributed by atoms with van der Waals surface area (Å²) in [5.74, 6) is -0.820. The van der Waals surface area contributed by atoms with Crippen molar-refractivity contribution in [1.82, 2.24) is 14.5 Å². The topological polar surface area (TPSA) is 87.9 Å². The van der Waals surface area contributed by atoms with Crippen molar-refractivity contribution in [2.24, 2.45) is 5.41 Å². The smallest absolute Gasteiger partial charge is 0.341 e. The zero-order valence-electron chi connectivity index (χ0n) is 20.5. The van der Waals surface area contributed by atoms with Crippen LogP contribution in [0.4, 0.5) is 5.69 Å². The maximum absolute atomic E-state index is 13.1. The fourth-order valence-corrected chi connectivity index (χ4v) is 6.95. The van der Waals surface area contributed by atoms with Crippen molar-refractivity contribution in [2.45, 2.75) is 37.8 Å². The number of fused-ring (bicyclic) bond motifs is 1. The van der Waals surface area contributed by atoms with E-state index < -0.39 is 11.4 Å². The second-order valence-electron chi connectivity index (χ2n) is 10.7. The highest BCUT2D eigenvalue weighted by molar-refractivity contribution is 6.34. The van der Waals surface area contributed by atoms with Crippen molar-refractivity contribution in [3.05, 3.63) is 62.5 Å². The molecule has 3 aromatic rings. The van der Waals surface area contributed by atoms with Gasteiger partial charge in [-0.25, -0.2) is 9.78 Å². The zero-order valence-corrected chi connectivity index (χ0v) is 22.0. The van der Waals surface area contributed by atoms with Crippen LogP contribution < -0.4 is 15.1 Å². The Bertz CT molecular complexity index is 1440. The van der Waals surface area contributed by atoms with Crippen LogP contribution in [0.2, 0.25) is 10.0 Å². The largest absolute Gasteiger partial charge is 0.477 e. The minimum absolute atomic E-state index is 0.0592. The molecule has 10 heteroatoms. The molecule has 4 heterocycles. The molecule has 1 saturated carbocycles. The summed E-state index contributed by atoms with van der Waals surface area (Å²) in [6, 6.07) is 7.29. The van der Waals surface area contributed by atoms with E-state index in [0.29, 0.717) is 33.3 Å². The summed E-state index contributed by atoms with van der Waals surface area (Å²) >= 11 is 13.0. The Labute approximate surface area is 224 Å². The third kappa shape index (κ3) is 4.25. The maximum Gasteiger partial charge on any atom is 0.341 e. The highest BCUT2D eigenvalue weighted by Gasteiger charge is 2.51. The molecule has 0 bridgehead atoms. The summed E-state index contributed by atoms with van der Waals surface area (Å²) in [6.07, 6.45) is 7.00. The Kier molecular flexibility index (Phi) is 6.09. The first-order chi connectivity index (χ1) is 17.7. The Balaban J connectivity index is 1.35. The molecule has 8 nitrogen and oxygen atoms in total. The van der Waals surface area contributed by atoms with Gasteiger partial charge in [0.2, 0.25) is 11.3 Å². The van der Waals surface area contributed by atoms with Crippen LogP contribution >= 0.6 is 23.2 Å². The second-order valence-corrected chi connectivity index (χ2v) is 11.5. The van der Waals surface area contributed by atoms with Crippen LogP contribution in [0.25, 0.3) is 10.9 Å². The number of aromatic carboxylic acids is 1. The summed E-state index contributed by atoms with van der Waals surface area (Å²) in [4.78, 5) is 33.8. The van der Waals surface area contributed by atoms with Crippen molar-refractivity contribution < 1.29 is 14.6 Å². The summed E-state index contributed by atoms with van der Waals surface area (Å²) in [6.45, 7) is 3.31. The van der Waals surface area contributed by atoms with Gasteiger partial charge in [0, 0.05) is 43.5 Å². The van der Waals surface area contributed by atoms with Gasteiger partial charge >= 0.3 is 5.97 Å². The number of hydrogen-bond donors (Lipinski definition) is 1. The highest BCUT2D eigenvalue weighted by Crippen LogP contribution is 2.54. The van der Waals surface area contributed by atoms with Crippen molar-refractivity contribution in [3.8, 4) is 5.88 Å². The van der Waals surface area contributed by atoms with Crippen molar-refractivity contribution in [1.29, 1.82) is 0 Å². The van der Waals surface area contributed by atoms with Gasteiger partial charge in [0.1, 0.15) is 17.2 Å². The number of halogens is 2. The van der Waals surface area contributed by atoms with Crippen molar-refractivity contribution in [3.63, 3.8) is 0 Å². The summed E-state index contributed by atoms with van der Waals surface area (Å²) in [5, 5.41) is 11.0. The van der Waals surface area contributed by atoms with Gasteiger partial charge in [-0.05, 0) is 62.4 Å². The van der Waals surface area contributed by atoms with Gasteiger partial charge in [-0.15, -0.1) is 0 Å². The lowest BCUT2D eigenvalue weighted by Crippen LogP contribution is -2.60. The number of pyridine rings is 2. The van der Waals surface area contributed by atoms with Gasteiger partial charge in [0.25, 0.3) is 0 Å². The molecule has 0 radical (unpaired) electrons. The van der Waals surface area contributed by atoms with Crippen molar-refractivity contribution >= 4 is 45.8 Å². The molecule has 2 aliphatic heterocycles. The summed E-state index contributed by atoms with van der Waals surface area (Å²) in [5.41, 5.74) is 1.12. The average molecular weight is 543 g/mol. The molecule has 0 unspecified atom stereocenters. The number of ether oxygens (including phenoxy) is 1. The van der Waals surface area contributed by atoms with Crippen LogP contribution in [0.15, 0.2) is 41.5 Å². The number of anilines is 1. The number of benzene rings is 1. The van der Waals surface area contributed by atoms with Gasteiger partial charge in [-0.2, -0.15) is 0 Å². The van der Waals surface area contributed by atoms with E-state index in [4.69, 9.17) is 27.9 Å². The standard InChI is InChI=1S/C27H28Cl2N4O4/c1-31-14-27(15-31)10-17(11-27)33-12-19(26(35)36)24(34)18-8-21(29)23(9-22(18)33)32-7-3-4-16(32)13-37-25-20(28)5-2-6-30-25/h2,5-6,8-9,12,16-17H,3-4,7,10-11,13-15H2,1H3,(H,35,36)/t16-/m1/s1. The fraction of sp³-hybridized carbons (Fsp3) is 0.444. The van der Waals surface area contributed by atoms with Crippen LogP contribution in [-0.2, 0) is 0 Å². The Hall–Kier alpha value is -2.81. The zero-order chi connectivity index (χ0) is 25.9. The number of carboxylic acids is 1. The summed E-state index contributed by atoms with van der Waals surface area (Å²) < 4.78 is 7.95. The molecule has 1 N–H and O–H groups in total. The van der Waals surface area contributed by atoms with Crippen LogP contribution in [0.3, 0.4) is 0 Å². The first kappa shape index (κ1) is 24.5. The lowest BCUT2D eigenvalue weighted by atomic mass is 9.60. The maximum atomic E-state index is 13.1.